The number of amides is 1. The summed E-state index contributed by atoms with van der Waals surface area (Å²) >= 11 is 0. The second kappa shape index (κ2) is 13.0. The number of anilines is 4. The quantitative estimate of drug-likeness (QED) is 0.206. The lowest BCUT2D eigenvalue weighted by atomic mass is 9.95. The molecule has 4 aliphatic rings. The van der Waals surface area contributed by atoms with Crippen LogP contribution >= 0.6 is 8.30 Å². The number of carbonyl (C=O) groups excluding carboxylic acids is 1. The van der Waals surface area contributed by atoms with Crippen LogP contribution in [0.15, 0.2) is 48.9 Å². The lowest BCUT2D eigenvalue weighted by Crippen LogP contribution is -2.26. The normalized spacial score (nSPS) is 16.6. The highest BCUT2D eigenvalue weighted by atomic mass is 31.2. The van der Waals surface area contributed by atoms with E-state index >= 15 is 0 Å². The van der Waals surface area contributed by atoms with Gasteiger partial charge in [0, 0.05) is 43.1 Å². The summed E-state index contributed by atoms with van der Waals surface area (Å²) < 4.78 is 55.9. The first kappa shape index (κ1) is 32.1. The number of nitrogens with one attached hydrogen (secondary N) is 4. The molecule has 12 nitrogen and oxygen atoms in total. The summed E-state index contributed by atoms with van der Waals surface area (Å²) in [6.07, 6.45) is -0.107. The molecule has 238 valence electrons. The highest BCUT2D eigenvalue weighted by molar-refractivity contribution is 7.49. The van der Waals surface area contributed by atoms with E-state index < -0.39 is 31.8 Å². The number of pyridine rings is 1. The van der Waals surface area contributed by atoms with Crippen LogP contribution in [-0.2, 0) is 23.4 Å². The smallest absolute Gasteiger partial charge is 0.421 e. The number of rotatable bonds is 3. The summed E-state index contributed by atoms with van der Waals surface area (Å²) in [5.74, 6) is -0.856. The van der Waals surface area contributed by atoms with Crippen molar-refractivity contribution in [1.82, 2.24) is 35.1 Å². The van der Waals surface area contributed by atoms with Gasteiger partial charge in [-0.1, -0.05) is 19.9 Å². The molecule has 8 rings (SSSR count). The molecule has 3 aromatic heterocycles. The summed E-state index contributed by atoms with van der Waals surface area (Å²) in [7, 11) is 3.69. The van der Waals surface area contributed by atoms with Crippen LogP contribution in [0.25, 0.3) is 11.3 Å². The Kier molecular flexibility index (Phi) is 9.23. The Morgan fingerprint density at radius 1 is 1.11 bits per heavy atom. The molecule has 4 N–H and O–H groups in total. The van der Waals surface area contributed by atoms with E-state index in [1.165, 1.54) is 20.2 Å². The predicted octanol–water partition coefficient (Wildman–Crippen LogP) is 5.70. The first-order chi connectivity index (χ1) is 21.4. The van der Waals surface area contributed by atoms with Crippen molar-refractivity contribution in [2.75, 3.05) is 38.4 Å². The van der Waals surface area contributed by atoms with E-state index in [4.69, 9.17) is 9.26 Å². The zero-order chi connectivity index (χ0) is 32.4. The van der Waals surface area contributed by atoms with Crippen molar-refractivity contribution in [1.29, 1.82) is 0 Å². The maximum atomic E-state index is 14.1. The Morgan fingerprint density at radius 3 is 2.60 bits per heavy atom. The van der Waals surface area contributed by atoms with E-state index in [2.05, 4.69) is 54.9 Å². The standard InChI is InChI=1S/C29H33F3N9O3P/c1-28(2)15-41-13-18(11-36-41)20-8-9-22(24(37-20)26(42)33-3)38-25-19(29(30,31)32)12-35-27(40-25)39-21-7-6-17(10-23(21)43-5)14-45(34-4)44-16-28/h6-13,34H,14-16H2,1-5H3,(H,33,42)(H2,35,38,39,40). The third-order valence-electron chi connectivity index (χ3n) is 6.90. The largest absolute Gasteiger partial charge is 0.495 e. The Labute approximate surface area is 259 Å². The molecular formula is C29H33F3N9O3P. The lowest BCUT2D eigenvalue weighted by molar-refractivity contribution is -0.137. The molecule has 4 aromatic rings. The third-order valence-corrected chi connectivity index (χ3v) is 8.49. The van der Waals surface area contributed by atoms with Crippen LogP contribution in [0.5, 0.6) is 5.75 Å². The fraction of sp³-hybridized carbons (Fsp3) is 0.345. The maximum Gasteiger partial charge on any atom is 0.421 e. The van der Waals surface area contributed by atoms with Crippen LogP contribution in [0.3, 0.4) is 0 Å². The highest BCUT2D eigenvalue weighted by Gasteiger charge is 2.36. The van der Waals surface area contributed by atoms with Gasteiger partial charge in [-0.2, -0.15) is 23.3 Å². The summed E-state index contributed by atoms with van der Waals surface area (Å²) in [5.41, 5.74) is 0.895. The minimum atomic E-state index is -4.79. The number of hydrogen-bond donors (Lipinski definition) is 4. The van der Waals surface area contributed by atoms with Gasteiger partial charge in [0.25, 0.3) is 5.91 Å². The zero-order valence-electron chi connectivity index (χ0n) is 25.3. The molecule has 4 aliphatic heterocycles. The summed E-state index contributed by atoms with van der Waals surface area (Å²) in [4.78, 5) is 25.4. The molecule has 1 amide bonds. The molecule has 1 unspecified atom stereocenters. The van der Waals surface area contributed by atoms with Gasteiger partial charge in [-0.15, -0.1) is 0 Å². The van der Waals surface area contributed by atoms with Crippen molar-refractivity contribution < 1.29 is 27.2 Å². The van der Waals surface area contributed by atoms with Gasteiger partial charge < -0.3 is 25.2 Å². The predicted molar refractivity (Wildman–Crippen MR) is 165 cm³/mol. The SMILES string of the molecule is CNC(=O)c1nc2ccc1Nc1nc(ncc1C(F)(F)F)Nc1ccc(cc1OC)CP(NC)OCC(C)(C)Cn1cc-2cn1. The molecule has 0 saturated heterocycles. The van der Waals surface area contributed by atoms with Crippen LogP contribution in [0.4, 0.5) is 36.3 Å². The van der Waals surface area contributed by atoms with Crippen LogP contribution in [0.2, 0.25) is 0 Å². The van der Waals surface area contributed by atoms with Crippen LogP contribution in [0, 0.1) is 5.41 Å². The van der Waals surface area contributed by atoms with Crippen molar-refractivity contribution in [3.05, 3.63) is 65.7 Å². The molecule has 0 radical (unpaired) electrons. The van der Waals surface area contributed by atoms with Gasteiger partial charge in [-0.05, 0) is 36.9 Å². The number of benzene rings is 1. The van der Waals surface area contributed by atoms with Crippen molar-refractivity contribution >= 4 is 37.3 Å². The summed E-state index contributed by atoms with van der Waals surface area (Å²) in [6, 6.07) is 8.51. The average Bonchev–Trinajstić information content (AvgIpc) is 3.46. The fourth-order valence-corrected chi connectivity index (χ4v) is 6.03. The van der Waals surface area contributed by atoms with Gasteiger partial charge in [0.15, 0.2) is 5.69 Å². The zero-order valence-corrected chi connectivity index (χ0v) is 26.2. The lowest BCUT2D eigenvalue weighted by Gasteiger charge is -2.27. The Bertz CT molecular complexity index is 1700. The van der Waals surface area contributed by atoms with Crippen LogP contribution in [-0.4, -0.2) is 58.5 Å². The van der Waals surface area contributed by atoms with Gasteiger partial charge >= 0.3 is 6.18 Å². The molecule has 0 spiro atoms. The number of halogens is 3. The van der Waals surface area contributed by atoms with Crippen molar-refractivity contribution in [2.45, 2.75) is 32.7 Å². The second-order valence-electron chi connectivity index (χ2n) is 11.0. The molecule has 45 heavy (non-hydrogen) atoms. The molecule has 7 heterocycles. The summed E-state index contributed by atoms with van der Waals surface area (Å²) in [5, 5.41) is 15.9. The van der Waals surface area contributed by atoms with E-state index in [1.807, 2.05) is 19.2 Å². The van der Waals surface area contributed by atoms with E-state index in [0.29, 0.717) is 48.2 Å². The van der Waals surface area contributed by atoms with Gasteiger partial charge in [-0.25, -0.2) is 9.97 Å². The van der Waals surface area contributed by atoms with Crippen molar-refractivity contribution in [3.63, 3.8) is 0 Å². The monoisotopic (exact) mass is 643 g/mol. The number of hydrogen-bond acceptors (Lipinski definition) is 10. The fourth-order valence-electron chi connectivity index (χ4n) is 4.62. The number of aromatic nitrogens is 5. The number of methoxy groups -OCH3 is 1. The first-order valence-electron chi connectivity index (χ1n) is 13.9. The molecule has 0 fully saturated rings. The second-order valence-corrected chi connectivity index (χ2v) is 12.8. The van der Waals surface area contributed by atoms with E-state index in [1.54, 1.807) is 29.2 Å². The molecule has 1 aromatic carbocycles. The van der Waals surface area contributed by atoms with Gasteiger partial charge in [0.05, 0.1) is 37.0 Å². The Morgan fingerprint density at radius 2 is 1.89 bits per heavy atom. The Hall–Kier alpha value is -4.33. The van der Waals surface area contributed by atoms with Gasteiger partial charge in [0.2, 0.25) is 5.95 Å². The number of carbonyl (C=O) groups is 1. The van der Waals surface area contributed by atoms with Gasteiger partial charge in [-0.3, -0.25) is 14.6 Å². The highest BCUT2D eigenvalue weighted by Crippen LogP contribution is 2.41. The topological polar surface area (TPSA) is 140 Å². The third kappa shape index (κ3) is 7.49. The van der Waals surface area contributed by atoms with E-state index in [0.717, 1.165) is 5.56 Å². The first-order valence-corrected chi connectivity index (χ1v) is 15.3. The number of nitrogens with zero attached hydrogens (tertiary/aromatic N) is 5. The average molecular weight is 644 g/mol. The summed E-state index contributed by atoms with van der Waals surface area (Å²) in [6.45, 7) is 5.15. The van der Waals surface area contributed by atoms with Crippen LogP contribution < -0.4 is 25.8 Å². The van der Waals surface area contributed by atoms with Gasteiger partial charge in [0.1, 0.15) is 25.4 Å². The number of alkyl halides is 3. The van der Waals surface area contributed by atoms with E-state index in [-0.39, 0.29) is 22.7 Å². The number of ether oxygens (including phenoxy) is 1. The molecule has 0 saturated carbocycles. The molecule has 16 heteroatoms. The minimum Gasteiger partial charge on any atom is -0.495 e. The van der Waals surface area contributed by atoms with E-state index in [9.17, 15) is 18.0 Å². The molecule has 8 bridgehead atoms. The molecule has 1 atom stereocenters. The minimum absolute atomic E-state index is 0.0176. The van der Waals surface area contributed by atoms with Crippen LogP contribution in [0.1, 0.15) is 35.5 Å². The van der Waals surface area contributed by atoms with Crippen molar-refractivity contribution in [3.8, 4) is 17.0 Å². The maximum absolute atomic E-state index is 14.1. The molecular weight excluding hydrogens is 610 g/mol. The Balaban J connectivity index is 1.63. The van der Waals surface area contributed by atoms with Crippen molar-refractivity contribution in [2.24, 2.45) is 5.41 Å². The molecule has 0 aliphatic carbocycles.